The molecule has 2 aromatic rings. The van der Waals surface area contributed by atoms with Crippen LogP contribution in [0.3, 0.4) is 0 Å². The Morgan fingerprint density at radius 2 is 2.17 bits per heavy atom. The first-order valence-electron chi connectivity index (χ1n) is 6.21. The van der Waals surface area contributed by atoms with Gasteiger partial charge in [0.2, 0.25) is 0 Å². The zero-order valence-electron chi connectivity index (χ0n) is 10.8. The number of nitrogens with zero attached hydrogens (tertiary/aromatic N) is 2. The van der Waals surface area contributed by atoms with E-state index in [9.17, 15) is 4.39 Å². The summed E-state index contributed by atoms with van der Waals surface area (Å²) < 4.78 is 15.9. The average Bonchev–Trinajstić information content (AvgIpc) is 2.78. The largest absolute Gasteiger partial charge is 0.316 e. The Bertz CT molecular complexity index is 520. The SMILES string of the molecule is CCCn1nccc1-c1ccc(CNC)cc1F. The number of hydrogen-bond donors (Lipinski definition) is 1. The number of hydrogen-bond acceptors (Lipinski definition) is 2. The van der Waals surface area contributed by atoms with Crippen molar-refractivity contribution in [1.29, 1.82) is 0 Å². The first-order valence-corrected chi connectivity index (χ1v) is 6.21. The highest BCUT2D eigenvalue weighted by Crippen LogP contribution is 2.23. The van der Waals surface area contributed by atoms with Gasteiger partial charge in [0.05, 0.1) is 5.69 Å². The van der Waals surface area contributed by atoms with Gasteiger partial charge in [-0.1, -0.05) is 13.0 Å². The van der Waals surface area contributed by atoms with Crippen molar-refractivity contribution in [1.82, 2.24) is 15.1 Å². The molecule has 96 valence electrons. The van der Waals surface area contributed by atoms with Crippen LogP contribution in [-0.2, 0) is 13.1 Å². The molecule has 0 atom stereocenters. The zero-order chi connectivity index (χ0) is 13.0. The summed E-state index contributed by atoms with van der Waals surface area (Å²) in [5, 5.41) is 7.23. The van der Waals surface area contributed by atoms with Gasteiger partial charge in [-0.3, -0.25) is 4.68 Å². The number of halogens is 1. The van der Waals surface area contributed by atoms with Crippen LogP contribution in [0.25, 0.3) is 11.3 Å². The Hall–Kier alpha value is -1.68. The highest BCUT2D eigenvalue weighted by Gasteiger charge is 2.10. The van der Waals surface area contributed by atoms with Crippen LogP contribution in [0.4, 0.5) is 4.39 Å². The molecule has 0 saturated carbocycles. The monoisotopic (exact) mass is 247 g/mol. The van der Waals surface area contributed by atoms with Gasteiger partial charge in [-0.2, -0.15) is 5.10 Å². The predicted octanol–water partition coefficient (Wildman–Crippen LogP) is 2.82. The second-order valence-electron chi connectivity index (χ2n) is 4.28. The molecule has 0 amide bonds. The summed E-state index contributed by atoms with van der Waals surface area (Å²) in [6, 6.07) is 7.20. The molecule has 4 heteroatoms. The van der Waals surface area contributed by atoms with Gasteiger partial charge < -0.3 is 5.32 Å². The van der Waals surface area contributed by atoms with Crippen molar-refractivity contribution < 1.29 is 4.39 Å². The quantitative estimate of drug-likeness (QED) is 0.880. The van der Waals surface area contributed by atoms with E-state index >= 15 is 0 Å². The molecule has 0 bridgehead atoms. The van der Waals surface area contributed by atoms with Crippen LogP contribution in [0.15, 0.2) is 30.5 Å². The maximum atomic E-state index is 14.1. The van der Waals surface area contributed by atoms with Crippen molar-refractivity contribution in [2.24, 2.45) is 0 Å². The molecule has 1 aromatic heterocycles. The summed E-state index contributed by atoms with van der Waals surface area (Å²) >= 11 is 0. The normalized spacial score (nSPS) is 10.8. The maximum Gasteiger partial charge on any atom is 0.132 e. The number of nitrogens with one attached hydrogen (secondary N) is 1. The first-order chi connectivity index (χ1) is 8.76. The van der Waals surface area contributed by atoms with E-state index in [1.54, 1.807) is 12.3 Å². The van der Waals surface area contributed by atoms with Crippen molar-refractivity contribution in [3.05, 3.63) is 41.8 Å². The van der Waals surface area contributed by atoms with Gasteiger partial charge in [-0.15, -0.1) is 0 Å². The summed E-state index contributed by atoms with van der Waals surface area (Å²) in [5.74, 6) is -0.194. The molecular formula is C14H18FN3. The van der Waals surface area contributed by atoms with Gasteiger partial charge in [-0.25, -0.2) is 4.39 Å². The molecule has 0 radical (unpaired) electrons. The Morgan fingerprint density at radius 3 is 2.83 bits per heavy atom. The second-order valence-corrected chi connectivity index (χ2v) is 4.28. The molecular weight excluding hydrogens is 229 g/mol. The smallest absolute Gasteiger partial charge is 0.132 e. The molecule has 1 aromatic carbocycles. The van der Waals surface area contributed by atoms with Crippen molar-refractivity contribution in [3.8, 4) is 11.3 Å². The lowest BCUT2D eigenvalue weighted by Gasteiger charge is -2.08. The fourth-order valence-corrected chi connectivity index (χ4v) is 2.03. The van der Waals surface area contributed by atoms with Crippen LogP contribution in [0.1, 0.15) is 18.9 Å². The maximum absolute atomic E-state index is 14.1. The van der Waals surface area contributed by atoms with E-state index in [0.717, 1.165) is 24.2 Å². The number of aryl methyl sites for hydroxylation is 1. The second kappa shape index (κ2) is 5.78. The molecule has 0 unspecified atom stereocenters. The van der Waals surface area contributed by atoms with E-state index in [1.807, 2.05) is 29.9 Å². The molecule has 1 heterocycles. The predicted molar refractivity (Wildman–Crippen MR) is 70.7 cm³/mol. The Morgan fingerprint density at radius 1 is 1.33 bits per heavy atom. The Balaban J connectivity index is 2.35. The summed E-state index contributed by atoms with van der Waals surface area (Å²) in [4.78, 5) is 0. The number of aromatic nitrogens is 2. The molecule has 2 rings (SSSR count). The molecule has 1 N–H and O–H groups in total. The van der Waals surface area contributed by atoms with E-state index in [1.165, 1.54) is 0 Å². The van der Waals surface area contributed by atoms with Crippen LogP contribution in [0, 0.1) is 5.82 Å². The lowest BCUT2D eigenvalue weighted by molar-refractivity contribution is 0.597. The fourth-order valence-electron chi connectivity index (χ4n) is 2.03. The zero-order valence-corrected chi connectivity index (χ0v) is 10.8. The van der Waals surface area contributed by atoms with Gasteiger partial charge in [0.25, 0.3) is 0 Å². The summed E-state index contributed by atoms with van der Waals surface area (Å²) in [6.45, 7) is 3.56. The van der Waals surface area contributed by atoms with E-state index in [4.69, 9.17) is 0 Å². The standard InChI is InChI=1S/C14H18FN3/c1-3-8-18-14(6-7-17-18)12-5-4-11(10-16-2)9-13(12)15/h4-7,9,16H,3,8,10H2,1-2H3. The minimum Gasteiger partial charge on any atom is -0.316 e. The molecule has 3 nitrogen and oxygen atoms in total. The molecule has 18 heavy (non-hydrogen) atoms. The molecule has 0 aliphatic heterocycles. The summed E-state index contributed by atoms with van der Waals surface area (Å²) in [6.07, 6.45) is 2.69. The molecule has 0 saturated heterocycles. The van der Waals surface area contributed by atoms with Crippen molar-refractivity contribution in [2.75, 3.05) is 7.05 Å². The summed E-state index contributed by atoms with van der Waals surface area (Å²) in [7, 11) is 1.85. The van der Waals surface area contributed by atoms with Crippen LogP contribution < -0.4 is 5.32 Å². The van der Waals surface area contributed by atoms with Gasteiger partial charge in [-0.05, 0) is 37.2 Å². The van der Waals surface area contributed by atoms with Crippen LogP contribution in [0.5, 0.6) is 0 Å². The molecule has 0 aliphatic carbocycles. The first kappa shape index (κ1) is 12.8. The Labute approximate surface area is 107 Å². The minimum atomic E-state index is -0.194. The minimum absolute atomic E-state index is 0.194. The lowest BCUT2D eigenvalue weighted by Crippen LogP contribution is -2.06. The summed E-state index contributed by atoms with van der Waals surface area (Å²) in [5.41, 5.74) is 2.39. The third-order valence-corrected chi connectivity index (χ3v) is 2.84. The van der Waals surface area contributed by atoms with Gasteiger partial charge in [0.15, 0.2) is 0 Å². The van der Waals surface area contributed by atoms with E-state index in [0.29, 0.717) is 12.1 Å². The highest BCUT2D eigenvalue weighted by atomic mass is 19.1. The van der Waals surface area contributed by atoms with Crippen molar-refractivity contribution in [2.45, 2.75) is 26.4 Å². The molecule has 0 aliphatic rings. The van der Waals surface area contributed by atoms with Gasteiger partial charge in [0.1, 0.15) is 5.82 Å². The van der Waals surface area contributed by atoms with Crippen molar-refractivity contribution >= 4 is 0 Å². The van der Waals surface area contributed by atoms with Crippen LogP contribution >= 0.6 is 0 Å². The number of benzene rings is 1. The highest BCUT2D eigenvalue weighted by molar-refractivity contribution is 5.60. The average molecular weight is 247 g/mol. The van der Waals surface area contributed by atoms with Crippen LogP contribution in [0.2, 0.25) is 0 Å². The third kappa shape index (κ3) is 2.59. The van der Waals surface area contributed by atoms with Crippen LogP contribution in [-0.4, -0.2) is 16.8 Å². The van der Waals surface area contributed by atoms with E-state index in [-0.39, 0.29) is 5.82 Å². The number of rotatable bonds is 5. The third-order valence-electron chi connectivity index (χ3n) is 2.84. The van der Waals surface area contributed by atoms with Gasteiger partial charge >= 0.3 is 0 Å². The van der Waals surface area contributed by atoms with Gasteiger partial charge in [0, 0.05) is 24.8 Å². The lowest BCUT2D eigenvalue weighted by atomic mass is 10.1. The van der Waals surface area contributed by atoms with Crippen molar-refractivity contribution in [3.63, 3.8) is 0 Å². The Kier molecular flexibility index (Phi) is 4.10. The van der Waals surface area contributed by atoms with E-state index < -0.39 is 0 Å². The van der Waals surface area contributed by atoms with E-state index in [2.05, 4.69) is 17.3 Å². The topological polar surface area (TPSA) is 29.9 Å². The molecule has 0 fully saturated rings. The fraction of sp³-hybridized carbons (Fsp3) is 0.357. The molecule has 0 spiro atoms.